The minimum absolute atomic E-state index is 0.149. The Labute approximate surface area is 141 Å². The highest BCUT2D eigenvalue weighted by Crippen LogP contribution is 2.31. The van der Waals surface area contributed by atoms with Gasteiger partial charge in [0, 0.05) is 17.3 Å². The van der Waals surface area contributed by atoms with Gasteiger partial charge < -0.3 is 10.1 Å². The monoisotopic (exact) mass is 348 g/mol. The molecule has 0 radical (unpaired) electrons. The van der Waals surface area contributed by atoms with Gasteiger partial charge in [-0.25, -0.2) is 8.42 Å². The first-order valence-electron chi connectivity index (χ1n) is 7.89. The summed E-state index contributed by atoms with van der Waals surface area (Å²) < 4.78 is 33.5. The highest BCUT2D eigenvalue weighted by Gasteiger charge is 2.28. The molecule has 1 fully saturated rings. The molecule has 0 aliphatic carbocycles. The van der Waals surface area contributed by atoms with Crippen LogP contribution in [0.5, 0.6) is 5.75 Å². The summed E-state index contributed by atoms with van der Waals surface area (Å²) in [5.74, 6) is 0.339. The molecule has 2 aromatic carbocycles. The summed E-state index contributed by atoms with van der Waals surface area (Å²) >= 11 is 0. The number of benzene rings is 2. The van der Waals surface area contributed by atoms with E-state index in [0.29, 0.717) is 29.5 Å². The van der Waals surface area contributed by atoms with Gasteiger partial charge >= 0.3 is 0 Å². The lowest BCUT2D eigenvalue weighted by molar-refractivity contribution is -0.122. The third-order valence-corrected chi connectivity index (χ3v) is 5.72. The highest BCUT2D eigenvalue weighted by atomic mass is 32.2. The van der Waals surface area contributed by atoms with Crippen molar-refractivity contribution in [3.8, 4) is 5.75 Å². The lowest BCUT2D eigenvalue weighted by atomic mass is 10.1. The first-order chi connectivity index (χ1) is 11.5. The average Bonchev–Trinajstić information content (AvgIpc) is 2.78. The van der Waals surface area contributed by atoms with E-state index in [1.54, 1.807) is 25.3 Å². The van der Waals surface area contributed by atoms with E-state index in [-0.39, 0.29) is 10.8 Å². The quantitative estimate of drug-likeness (QED) is 0.882. The van der Waals surface area contributed by atoms with Gasteiger partial charge in [0.15, 0.2) is 0 Å². The minimum Gasteiger partial charge on any atom is -0.496 e. The predicted octanol–water partition coefficient (Wildman–Crippen LogP) is 1.80. The second-order valence-corrected chi connectivity index (χ2v) is 7.45. The van der Waals surface area contributed by atoms with Crippen LogP contribution in [0.3, 0.4) is 0 Å². The molecule has 0 unspecified atom stereocenters. The Balaban J connectivity index is 2.01. The van der Waals surface area contributed by atoms with Crippen molar-refractivity contribution in [1.82, 2.24) is 10.0 Å². The molecule has 1 aliphatic rings. The number of hydrogen-bond acceptors (Lipinski definition) is 4. The number of nitrogens with one attached hydrogen (secondary N) is 2. The molecule has 2 aromatic rings. The molecule has 0 spiro atoms. The summed E-state index contributed by atoms with van der Waals surface area (Å²) in [7, 11) is -2.28. The maximum absolute atomic E-state index is 12.8. The van der Waals surface area contributed by atoms with E-state index in [0.717, 1.165) is 12.8 Å². The zero-order valence-corrected chi connectivity index (χ0v) is 14.2. The summed E-state index contributed by atoms with van der Waals surface area (Å²) in [6.07, 6.45) is 2.16. The number of sulfonamides is 1. The Kier molecular flexibility index (Phi) is 4.73. The molecule has 0 saturated carbocycles. The van der Waals surface area contributed by atoms with Crippen molar-refractivity contribution in [1.29, 1.82) is 0 Å². The molecular formula is C17H20N2O4S. The molecule has 1 saturated heterocycles. The van der Waals surface area contributed by atoms with Gasteiger partial charge in [-0.2, -0.15) is 4.72 Å². The van der Waals surface area contributed by atoms with Gasteiger partial charge in [0.05, 0.1) is 12.0 Å². The summed E-state index contributed by atoms with van der Waals surface area (Å²) in [4.78, 5) is 12.2. The predicted molar refractivity (Wildman–Crippen MR) is 91.5 cm³/mol. The Hall–Kier alpha value is -2.12. The van der Waals surface area contributed by atoms with Gasteiger partial charge in [-0.1, -0.05) is 24.3 Å². The molecule has 0 aromatic heterocycles. The summed E-state index contributed by atoms with van der Waals surface area (Å²) in [6.45, 7) is 0.586. The molecule has 1 amide bonds. The van der Waals surface area contributed by atoms with Crippen molar-refractivity contribution in [3.05, 3.63) is 36.4 Å². The largest absolute Gasteiger partial charge is 0.496 e. The number of hydrogen-bond donors (Lipinski definition) is 2. The SMILES string of the molecule is COc1ccc(S(=O)(=O)N[C@@H]2CCCCNC2=O)c2ccccc12. The fourth-order valence-corrected chi connectivity index (χ4v) is 4.40. The number of fused-ring (bicyclic) bond motifs is 1. The first kappa shape index (κ1) is 16.7. The smallest absolute Gasteiger partial charge is 0.241 e. The Bertz CT molecular complexity index is 864. The molecule has 24 heavy (non-hydrogen) atoms. The van der Waals surface area contributed by atoms with E-state index in [2.05, 4.69) is 10.0 Å². The standard InChI is InChI=1S/C17H20N2O4S/c1-23-15-9-10-16(13-7-3-2-6-12(13)15)24(21,22)19-14-8-4-5-11-18-17(14)20/h2-3,6-7,9-10,14,19H,4-5,8,11H2,1H3,(H,18,20)/t14-/m1/s1. The Morgan fingerprint density at radius 1 is 1.12 bits per heavy atom. The van der Waals surface area contributed by atoms with E-state index in [1.807, 2.05) is 12.1 Å². The molecule has 1 aliphatic heterocycles. The number of methoxy groups -OCH3 is 1. The first-order valence-corrected chi connectivity index (χ1v) is 9.37. The van der Waals surface area contributed by atoms with Crippen molar-refractivity contribution in [2.45, 2.75) is 30.2 Å². The van der Waals surface area contributed by atoms with Gasteiger partial charge in [0.2, 0.25) is 15.9 Å². The van der Waals surface area contributed by atoms with E-state index >= 15 is 0 Å². The van der Waals surface area contributed by atoms with Crippen molar-refractivity contribution in [3.63, 3.8) is 0 Å². The fourth-order valence-electron chi connectivity index (χ4n) is 2.96. The topological polar surface area (TPSA) is 84.5 Å². The molecule has 128 valence electrons. The molecule has 7 heteroatoms. The van der Waals surface area contributed by atoms with E-state index in [9.17, 15) is 13.2 Å². The lowest BCUT2D eigenvalue weighted by Gasteiger charge is -2.17. The number of carbonyl (C=O) groups excluding carboxylic acids is 1. The van der Waals surface area contributed by atoms with Crippen molar-refractivity contribution in [2.24, 2.45) is 0 Å². The van der Waals surface area contributed by atoms with Crippen LogP contribution in [0.15, 0.2) is 41.3 Å². The van der Waals surface area contributed by atoms with Crippen LogP contribution in [0.2, 0.25) is 0 Å². The van der Waals surface area contributed by atoms with Crippen LogP contribution in [-0.4, -0.2) is 34.0 Å². The number of rotatable bonds is 4. The van der Waals surface area contributed by atoms with Gasteiger partial charge in [0.1, 0.15) is 11.8 Å². The number of ether oxygens (including phenoxy) is 1. The number of carbonyl (C=O) groups is 1. The normalized spacial score (nSPS) is 18.9. The zero-order valence-electron chi connectivity index (χ0n) is 13.4. The van der Waals surface area contributed by atoms with E-state index < -0.39 is 16.1 Å². The van der Waals surface area contributed by atoms with E-state index in [1.165, 1.54) is 6.07 Å². The molecular weight excluding hydrogens is 328 g/mol. The second-order valence-electron chi connectivity index (χ2n) is 5.77. The zero-order chi connectivity index (χ0) is 17.2. The van der Waals surface area contributed by atoms with Crippen LogP contribution < -0.4 is 14.8 Å². The Morgan fingerprint density at radius 3 is 2.62 bits per heavy atom. The highest BCUT2D eigenvalue weighted by molar-refractivity contribution is 7.89. The fraction of sp³-hybridized carbons (Fsp3) is 0.353. The molecule has 6 nitrogen and oxygen atoms in total. The van der Waals surface area contributed by atoms with Gasteiger partial charge in [0.25, 0.3) is 0 Å². The van der Waals surface area contributed by atoms with Crippen molar-refractivity contribution < 1.29 is 17.9 Å². The minimum atomic E-state index is -3.83. The van der Waals surface area contributed by atoms with Crippen LogP contribution in [0.1, 0.15) is 19.3 Å². The third kappa shape index (κ3) is 3.22. The van der Waals surface area contributed by atoms with Crippen LogP contribution in [-0.2, 0) is 14.8 Å². The average molecular weight is 348 g/mol. The molecule has 0 bridgehead atoms. The molecule has 1 heterocycles. The molecule has 2 N–H and O–H groups in total. The second kappa shape index (κ2) is 6.78. The maximum Gasteiger partial charge on any atom is 0.241 e. The van der Waals surface area contributed by atoms with Gasteiger partial charge in [-0.05, 0) is 31.4 Å². The van der Waals surface area contributed by atoms with Crippen LogP contribution in [0.4, 0.5) is 0 Å². The summed E-state index contributed by atoms with van der Waals surface area (Å²) in [6, 6.07) is 9.55. The molecule has 3 rings (SSSR count). The van der Waals surface area contributed by atoms with Crippen molar-refractivity contribution >= 4 is 26.7 Å². The third-order valence-electron chi connectivity index (χ3n) is 4.19. The maximum atomic E-state index is 12.8. The van der Waals surface area contributed by atoms with Crippen LogP contribution in [0, 0.1) is 0 Å². The summed E-state index contributed by atoms with van der Waals surface area (Å²) in [5.41, 5.74) is 0. The summed E-state index contributed by atoms with van der Waals surface area (Å²) in [5, 5.41) is 4.02. The van der Waals surface area contributed by atoms with E-state index in [4.69, 9.17) is 4.74 Å². The number of amides is 1. The Morgan fingerprint density at radius 2 is 1.88 bits per heavy atom. The van der Waals surface area contributed by atoms with Crippen LogP contribution >= 0.6 is 0 Å². The van der Waals surface area contributed by atoms with Gasteiger partial charge in [-0.3, -0.25) is 4.79 Å². The van der Waals surface area contributed by atoms with Gasteiger partial charge in [-0.15, -0.1) is 0 Å². The lowest BCUT2D eigenvalue weighted by Crippen LogP contribution is -2.45. The molecule has 1 atom stereocenters. The van der Waals surface area contributed by atoms with Crippen LogP contribution in [0.25, 0.3) is 10.8 Å². The van der Waals surface area contributed by atoms with Crippen molar-refractivity contribution in [2.75, 3.05) is 13.7 Å².